The molecule has 6 heterocycles. The lowest BCUT2D eigenvalue weighted by molar-refractivity contribution is -0.144. The second kappa shape index (κ2) is 23.8. The molecule has 2 aliphatic heterocycles. The van der Waals surface area contributed by atoms with Crippen molar-refractivity contribution in [1.29, 1.82) is 0 Å². The summed E-state index contributed by atoms with van der Waals surface area (Å²) in [6.07, 6.45) is 0.967. The number of hydrogen-bond acceptors (Lipinski definition) is 14. The highest BCUT2D eigenvalue weighted by Crippen LogP contribution is 2.40. The predicted octanol–water partition coefficient (Wildman–Crippen LogP) is 9.06. The first-order valence-corrected chi connectivity index (χ1v) is 27.6. The van der Waals surface area contributed by atoms with Gasteiger partial charge in [-0.2, -0.15) is 0 Å². The number of rotatable bonds is 18. The molecular formula is C57H60ClFN10O7S2. The van der Waals surface area contributed by atoms with Crippen molar-refractivity contribution < 1.29 is 38.1 Å². The minimum atomic E-state index is -1.02. The van der Waals surface area contributed by atoms with Crippen molar-refractivity contribution in [3.05, 3.63) is 146 Å². The molecule has 2 aliphatic rings. The van der Waals surface area contributed by atoms with Gasteiger partial charge >= 0.3 is 0 Å². The average Bonchev–Trinajstić information content (AvgIpc) is 4.27. The molecule has 21 heteroatoms. The number of nitrogens with one attached hydrogen (secondary N) is 3. The number of aliphatic hydroxyl groups excluding tert-OH is 1. The highest BCUT2D eigenvalue weighted by atomic mass is 35.5. The number of nitrogens with zero attached hydrogens (tertiary/aromatic N) is 7. The number of likely N-dealkylation sites (tertiary alicyclic amines) is 1. The number of aryl methyl sites for hydroxylation is 3. The van der Waals surface area contributed by atoms with E-state index in [1.165, 1.54) is 23.2 Å². The number of thiophene rings is 1. The van der Waals surface area contributed by atoms with Crippen molar-refractivity contribution in [2.24, 2.45) is 10.4 Å². The molecule has 0 spiro atoms. The van der Waals surface area contributed by atoms with Gasteiger partial charge in [0.1, 0.15) is 35.6 Å². The fourth-order valence-electron chi connectivity index (χ4n) is 9.43. The van der Waals surface area contributed by atoms with E-state index in [1.54, 1.807) is 67.2 Å². The van der Waals surface area contributed by atoms with Gasteiger partial charge in [-0.05, 0) is 92.3 Å². The highest BCUT2D eigenvalue weighted by Gasteiger charge is 2.44. The van der Waals surface area contributed by atoms with Crippen LogP contribution in [-0.4, -0.2) is 109 Å². The Bertz CT molecular complexity index is 3370. The summed E-state index contributed by atoms with van der Waals surface area (Å²) in [4.78, 5) is 71.9. The molecular weight excluding hydrogens is 1060 g/mol. The van der Waals surface area contributed by atoms with Gasteiger partial charge in [-0.25, -0.2) is 9.37 Å². The van der Waals surface area contributed by atoms with Crippen molar-refractivity contribution in [2.75, 3.05) is 31.7 Å². The number of aromatic nitrogens is 5. The number of fused-ring (bicyclic) bond motifs is 3. The summed E-state index contributed by atoms with van der Waals surface area (Å²) in [6.45, 7) is 13.4. The van der Waals surface area contributed by atoms with E-state index in [1.807, 2.05) is 66.9 Å². The largest absolute Gasteiger partial charge is 0.490 e. The Morgan fingerprint density at radius 1 is 0.910 bits per heavy atom. The number of anilines is 1. The van der Waals surface area contributed by atoms with Crippen LogP contribution in [0.4, 0.5) is 10.1 Å². The van der Waals surface area contributed by atoms with Gasteiger partial charge in [0.05, 0.1) is 65.1 Å². The zero-order valence-corrected chi connectivity index (χ0v) is 46.6. The topological polar surface area (TPSA) is 215 Å². The van der Waals surface area contributed by atoms with Gasteiger partial charge in [-0.3, -0.25) is 33.7 Å². The van der Waals surface area contributed by atoms with Gasteiger partial charge in [-0.15, -0.1) is 32.9 Å². The van der Waals surface area contributed by atoms with Crippen LogP contribution in [0.25, 0.3) is 26.7 Å². The third kappa shape index (κ3) is 12.5. The van der Waals surface area contributed by atoms with Gasteiger partial charge in [0, 0.05) is 52.5 Å². The highest BCUT2D eigenvalue weighted by molar-refractivity contribution is 7.15. The molecule has 7 aromatic rings. The summed E-state index contributed by atoms with van der Waals surface area (Å²) < 4.78 is 28.7. The SMILES string of the molecule is Cc1ncsc1-c1ccc(CNC(=O)[C@@H]2C[C@@H](O)CN2C(=O)C(NC(=O)COCCCOc2ccc(-c3ccc(NC(=O)C[C@@H]4N=C(c5ccc(Cl)cc5)c5c(sc(C)c5C)-n5c(C)nnc54)cn3)cc2F)C(C)(C)C)cc1. The molecule has 4 aromatic heterocycles. The van der Waals surface area contributed by atoms with Crippen LogP contribution in [0.3, 0.4) is 0 Å². The zero-order chi connectivity index (χ0) is 55.4. The minimum absolute atomic E-state index is 0.0224. The van der Waals surface area contributed by atoms with Crippen LogP contribution >= 0.6 is 34.3 Å². The van der Waals surface area contributed by atoms with Crippen molar-refractivity contribution >= 4 is 69.3 Å². The predicted molar refractivity (Wildman–Crippen MR) is 299 cm³/mol. The third-order valence-corrected chi connectivity index (χ3v) is 16.1. The number of benzene rings is 3. The lowest BCUT2D eigenvalue weighted by atomic mass is 9.85. The second-order valence-electron chi connectivity index (χ2n) is 20.4. The molecule has 3 aromatic carbocycles. The van der Waals surface area contributed by atoms with E-state index in [2.05, 4.69) is 50.0 Å². The minimum Gasteiger partial charge on any atom is -0.490 e. The molecule has 1 fully saturated rings. The summed E-state index contributed by atoms with van der Waals surface area (Å²) in [7, 11) is 0. The quantitative estimate of drug-likeness (QED) is 0.0595. The second-order valence-corrected chi connectivity index (χ2v) is 22.9. The van der Waals surface area contributed by atoms with Crippen LogP contribution in [0.5, 0.6) is 5.75 Å². The molecule has 406 valence electrons. The van der Waals surface area contributed by atoms with Gasteiger partial charge < -0.3 is 35.4 Å². The van der Waals surface area contributed by atoms with Gasteiger partial charge in [0.15, 0.2) is 17.4 Å². The fourth-order valence-corrected chi connectivity index (χ4v) is 11.6. The molecule has 9 rings (SSSR count). The number of aliphatic imine (C=N–C) groups is 1. The van der Waals surface area contributed by atoms with E-state index in [4.69, 9.17) is 26.1 Å². The van der Waals surface area contributed by atoms with E-state index < -0.39 is 53.2 Å². The van der Waals surface area contributed by atoms with Crippen molar-refractivity contribution in [2.45, 2.75) is 98.5 Å². The molecule has 4 atom stereocenters. The van der Waals surface area contributed by atoms with Crippen LogP contribution < -0.4 is 20.7 Å². The summed E-state index contributed by atoms with van der Waals surface area (Å²) >= 11 is 9.45. The van der Waals surface area contributed by atoms with E-state index >= 15 is 4.39 Å². The Balaban J connectivity index is 0.730. The molecule has 0 radical (unpaired) electrons. The average molecular weight is 1120 g/mol. The summed E-state index contributed by atoms with van der Waals surface area (Å²) in [5, 5.41) is 29.6. The number of carbonyl (C=O) groups is 4. The molecule has 4 amide bonds. The Morgan fingerprint density at radius 2 is 1.65 bits per heavy atom. The lowest BCUT2D eigenvalue weighted by Crippen LogP contribution is -2.58. The van der Waals surface area contributed by atoms with E-state index in [-0.39, 0.29) is 57.4 Å². The normalized spacial score (nSPS) is 16.4. The Labute approximate surface area is 464 Å². The fraction of sp³-hybridized carbons (Fsp3) is 0.351. The number of carbonyl (C=O) groups excluding carboxylic acids is 4. The number of β-amino-alcohol motifs (C(OH)–C–C–N with tert-alkyl or cyclic N) is 1. The maximum Gasteiger partial charge on any atom is 0.246 e. The number of aliphatic hydroxyl groups is 1. The maximum atomic E-state index is 15.4. The lowest BCUT2D eigenvalue weighted by Gasteiger charge is -2.35. The van der Waals surface area contributed by atoms with Crippen LogP contribution in [0, 0.1) is 38.9 Å². The molecule has 78 heavy (non-hydrogen) atoms. The van der Waals surface area contributed by atoms with Crippen molar-refractivity contribution in [3.8, 4) is 32.4 Å². The molecule has 1 unspecified atom stereocenters. The molecule has 4 N–H and O–H groups in total. The van der Waals surface area contributed by atoms with Gasteiger partial charge in [0.2, 0.25) is 23.6 Å². The van der Waals surface area contributed by atoms with E-state index in [9.17, 15) is 24.3 Å². The number of pyridine rings is 1. The van der Waals surface area contributed by atoms with E-state index in [0.29, 0.717) is 40.0 Å². The number of hydrogen-bond donors (Lipinski definition) is 4. The van der Waals surface area contributed by atoms with Crippen LogP contribution in [0.1, 0.15) is 90.5 Å². The van der Waals surface area contributed by atoms with Crippen LogP contribution in [0.2, 0.25) is 5.02 Å². The Hall–Kier alpha value is -7.23. The number of thiazole rings is 1. The van der Waals surface area contributed by atoms with Crippen molar-refractivity contribution in [1.82, 2.24) is 40.3 Å². The number of halogens is 2. The summed E-state index contributed by atoms with van der Waals surface area (Å²) in [5.41, 5.74) is 8.98. The van der Waals surface area contributed by atoms with Gasteiger partial charge in [0.25, 0.3) is 0 Å². The Morgan fingerprint density at radius 3 is 2.35 bits per heavy atom. The summed E-state index contributed by atoms with van der Waals surface area (Å²) in [5.74, 6) is -1.06. The first-order chi connectivity index (χ1) is 37.3. The molecule has 17 nitrogen and oxygen atoms in total. The monoisotopic (exact) mass is 1110 g/mol. The van der Waals surface area contributed by atoms with Crippen LogP contribution in [0.15, 0.2) is 95.6 Å². The first-order valence-electron chi connectivity index (χ1n) is 25.5. The number of amides is 4. The third-order valence-electron chi connectivity index (χ3n) is 13.6. The summed E-state index contributed by atoms with van der Waals surface area (Å²) in [6, 6.07) is 20.6. The first kappa shape index (κ1) is 55.5. The number of ether oxygens (including phenoxy) is 2. The smallest absolute Gasteiger partial charge is 0.246 e. The van der Waals surface area contributed by atoms with E-state index in [0.717, 1.165) is 54.0 Å². The molecule has 0 saturated carbocycles. The molecule has 1 saturated heterocycles. The maximum absolute atomic E-state index is 15.4. The van der Waals surface area contributed by atoms with Gasteiger partial charge in [-0.1, -0.05) is 68.8 Å². The van der Waals surface area contributed by atoms with Crippen molar-refractivity contribution in [3.63, 3.8) is 0 Å². The standard InChI is InChI=1S/C57H60ClFN10O7S2/c1-31-33(3)78-56-49(31)50(36-13-16-39(58)17-14-36)64-44(53-67-66-34(4)69(53)56)25-47(71)63-40-18-19-43(60-27-40)38-15-20-46(42(59)23-38)76-22-8-21-75-29-48(72)65-52(57(5,6)7)55(74)68-28-41(70)24-45(68)54(73)61-26-35-9-11-37(12-10-35)51-32(2)62-30-77-51/h9-20,23,27,30,41,44-45,52,70H,8,21-22,24-26,28-29H2,1-7H3,(H,61,73)(H,63,71)(H,65,72)/t41-,44+,45+,52?/m1/s1. The zero-order valence-electron chi connectivity index (χ0n) is 44.2. The molecule has 0 aliphatic carbocycles. The Kier molecular flexibility index (Phi) is 16.9. The molecule has 0 bridgehead atoms. The van der Waals surface area contributed by atoms with Crippen LogP contribution in [-0.2, 0) is 30.5 Å².